The molecule has 0 saturated carbocycles. The van der Waals surface area contributed by atoms with Crippen molar-refractivity contribution in [3.63, 3.8) is 0 Å². The van der Waals surface area contributed by atoms with Crippen molar-refractivity contribution in [2.24, 2.45) is 0 Å². The van der Waals surface area contributed by atoms with Crippen molar-refractivity contribution in [1.29, 1.82) is 0 Å². The van der Waals surface area contributed by atoms with Crippen molar-refractivity contribution < 1.29 is 23.6 Å². The average Bonchev–Trinajstić information content (AvgIpc) is 2.75. The van der Waals surface area contributed by atoms with E-state index < -0.39 is 7.82 Å². The lowest BCUT2D eigenvalue weighted by molar-refractivity contribution is 0.0346. The third-order valence-electron chi connectivity index (χ3n) is 5.52. The molecular weight excluding hydrogens is 463 g/mol. The summed E-state index contributed by atoms with van der Waals surface area (Å²) in [7, 11) is -4.43. The van der Waals surface area contributed by atoms with Gasteiger partial charge in [-0.3, -0.25) is 4.52 Å². The third kappa shape index (κ3) is 27.0. The standard InChI is InChI=1S/C24H51O5PS2/c1-3-4-5-6-7-8-9-10-11-12-13-14-15-16-17-18-20-32-23-24(28-19-21-31-2)22-29-30(25,26)27/h24H,3-23H2,1-2H3,(H2,25,26,27). The van der Waals surface area contributed by atoms with Crippen LogP contribution in [0.25, 0.3) is 0 Å². The van der Waals surface area contributed by atoms with Crippen molar-refractivity contribution in [3.8, 4) is 0 Å². The van der Waals surface area contributed by atoms with Crippen molar-refractivity contribution >= 4 is 31.3 Å². The van der Waals surface area contributed by atoms with Crippen LogP contribution in [0.5, 0.6) is 0 Å². The van der Waals surface area contributed by atoms with Crippen molar-refractivity contribution in [2.75, 3.05) is 36.7 Å². The van der Waals surface area contributed by atoms with E-state index in [1.54, 1.807) is 23.5 Å². The molecule has 0 aromatic heterocycles. The Labute approximate surface area is 207 Å². The minimum Gasteiger partial charge on any atom is -0.374 e. The fourth-order valence-electron chi connectivity index (χ4n) is 3.59. The molecule has 0 amide bonds. The summed E-state index contributed by atoms with van der Waals surface area (Å²) in [6, 6.07) is 0. The van der Waals surface area contributed by atoms with E-state index in [2.05, 4.69) is 11.4 Å². The molecule has 1 atom stereocenters. The molecule has 0 rings (SSSR count). The van der Waals surface area contributed by atoms with E-state index >= 15 is 0 Å². The first-order chi connectivity index (χ1) is 15.5. The van der Waals surface area contributed by atoms with Crippen LogP contribution in [0.2, 0.25) is 0 Å². The molecule has 2 N–H and O–H groups in total. The number of phosphoric ester groups is 1. The molecule has 5 nitrogen and oxygen atoms in total. The second-order valence-electron chi connectivity index (χ2n) is 8.65. The van der Waals surface area contributed by atoms with Crippen molar-refractivity contribution in [3.05, 3.63) is 0 Å². The molecule has 0 aliphatic rings. The molecule has 0 heterocycles. The average molecular weight is 515 g/mol. The van der Waals surface area contributed by atoms with E-state index in [-0.39, 0.29) is 12.7 Å². The van der Waals surface area contributed by atoms with E-state index in [0.717, 1.165) is 11.5 Å². The van der Waals surface area contributed by atoms with Gasteiger partial charge in [-0.1, -0.05) is 103 Å². The molecule has 0 fully saturated rings. The summed E-state index contributed by atoms with van der Waals surface area (Å²) in [5.74, 6) is 2.65. The zero-order chi connectivity index (χ0) is 23.8. The van der Waals surface area contributed by atoms with Crippen LogP contribution < -0.4 is 0 Å². The number of hydrogen-bond acceptors (Lipinski definition) is 5. The number of ether oxygens (including phenoxy) is 1. The van der Waals surface area contributed by atoms with Gasteiger partial charge < -0.3 is 14.5 Å². The summed E-state index contributed by atoms with van der Waals surface area (Å²) < 4.78 is 21.2. The molecule has 8 heteroatoms. The Kier molecular flexibility index (Phi) is 25.5. The van der Waals surface area contributed by atoms with E-state index in [1.807, 2.05) is 6.26 Å². The van der Waals surface area contributed by atoms with Crippen LogP contribution in [0.3, 0.4) is 0 Å². The van der Waals surface area contributed by atoms with Gasteiger partial charge in [-0.2, -0.15) is 23.5 Å². The Hall–Kier alpha value is 0.770. The van der Waals surface area contributed by atoms with Crippen LogP contribution in [0, 0.1) is 0 Å². The molecule has 0 aromatic rings. The van der Waals surface area contributed by atoms with E-state index in [1.165, 1.54) is 103 Å². The Morgan fingerprint density at radius 2 is 1.22 bits per heavy atom. The van der Waals surface area contributed by atoms with Gasteiger partial charge in [0.25, 0.3) is 0 Å². The van der Waals surface area contributed by atoms with Crippen LogP contribution in [0.4, 0.5) is 0 Å². The van der Waals surface area contributed by atoms with Crippen LogP contribution in [-0.4, -0.2) is 52.6 Å². The monoisotopic (exact) mass is 514 g/mol. The van der Waals surface area contributed by atoms with Gasteiger partial charge in [0.2, 0.25) is 0 Å². The van der Waals surface area contributed by atoms with Crippen LogP contribution >= 0.6 is 31.3 Å². The SMILES string of the molecule is CCCCCCCCCCCCCCCCCCSCC(COP(=O)(O)O)OCCSC. The van der Waals surface area contributed by atoms with Gasteiger partial charge in [0, 0.05) is 11.5 Å². The summed E-state index contributed by atoms with van der Waals surface area (Å²) in [5, 5.41) is 0. The maximum atomic E-state index is 10.9. The van der Waals surface area contributed by atoms with Crippen molar-refractivity contribution in [2.45, 2.75) is 116 Å². The Balaban J connectivity index is 3.43. The van der Waals surface area contributed by atoms with Gasteiger partial charge in [-0.05, 0) is 18.4 Å². The number of rotatable bonds is 26. The largest absolute Gasteiger partial charge is 0.469 e. The molecule has 0 radical (unpaired) electrons. The first kappa shape index (κ1) is 32.8. The van der Waals surface area contributed by atoms with E-state index in [9.17, 15) is 4.57 Å². The summed E-state index contributed by atoms with van der Waals surface area (Å²) in [4.78, 5) is 17.8. The maximum absolute atomic E-state index is 10.9. The minimum absolute atomic E-state index is 0.0510. The second-order valence-corrected chi connectivity index (χ2v) is 12.0. The summed E-state index contributed by atoms with van der Waals surface area (Å²) in [6.45, 7) is 2.81. The van der Waals surface area contributed by atoms with Crippen LogP contribution in [0.15, 0.2) is 0 Å². The van der Waals surface area contributed by atoms with Gasteiger partial charge in [-0.25, -0.2) is 4.57 Å². The third-order valence-corrected chi connectivity index (χ3v) is 7.76. The molecule has 194 valence electrons. The number of unbranched alkanes of at least 4 members (excludes halogenated alkanes) is 15. The highest BCUT2D eigenvalue weighted by atomic mass is 32.2. The lowest BCUT2D eigenvalue weighted by atomic mass is 10.0. The number of hydrogen-bond donors (Lipinski definition) is 2. The van der Waals surface area contributed by atoms with Gasteiger partial charge >= 0.3 is 7.82 Å². The molecule has 1 unspecified atom stereocenters. The summed E-state index contributed by atoms with van der Waals surface area (Å²) in [5.41, 5.74) is 0. The number of phosphoric acid groups is 1. The highest BCUT2D eigenvalue weighted by Crippen LogP contribution is 2.36. The quantitative estimate of drug-likeness (QED) is 0.0899. The molecular formula is C24H51O5PS2. The van der Waals surface area contributed by atoms with Gasteiger partial charge in [0.1, 0.15) is 0 Å². The second kappa shape index (κ2) is 24.9. The predicted molar refractivity (Wildman–Crippen MR) is 143 cm³/mol. The fourth-order valence-corrected chi connectivity index (χ4v) is 5.24. The predicted octanol–water partition coefficient (Wildman–Crippen LogP) is 7.84. The minimum atomic E-state index is -4.43. The Morgan fingerprint density at radius 1 is 0.750 bits per heavy atom. The smallest absolute Gasteiger partial charge is 0.374 e. The first-order valence-electron chi connectivity index (χ1n) is 12.9. The van der Waals surface area contributed by atoms with Crippen molar-refractivity contribution in [1.82, 2.24) is 0 Å². The fraction of sp³-hybridized carbons (Fsp3) is 1.00. The first-order valence-corrected chi connectivity index (χ1v) is 17.0. The molecule has 0 aliphatic heterocycles. The summed E-state index contributed by atoms with van der Waals surface area (Å²) in [6.07, 6.45) is 23.8. The molecule has 32 heavy (non-hydrogen) atoms. The zero-order valence-electron chi connectivity index (χ0n) is 20.8. The lowest BCUT2D eigenvalue weighted by Crippen LogP contribution is -2.23. The number of thioether (sulfide) groups is 2. The molecule has 0 spiro atoms. The summed E-state index contributed by atoms with van der Waals surface area (Å²) >= 11 is 3.48. The highest BCUT2D eigenvalue weighted by Gasteiger charge is 2.18. The van der Waals surface area contributed by atoms with Crippen LogP contribution in [0.1, 0.15) is 110 Å². The normalized spacial score (nSPS) is 13.0. The van der Waals surface area contributed by atoms with Gasteiger partial charge in [-0.15, -0.1) is 0 Å². The van der Waals surface area contributed by atoms with Crippen LogP contribution in [-0.2, 0) is 13.8 Å². The van der Waals surface area contributed by atoms with Gasteiger partial charge in [0.05, 0.1) is 19.3 Å². The molecule has 0 bridgehead atoms. The highest BCUT2D eigenvalue weighted by molar-refractivity contribution is 7.99. The van der Waals surface area contributed by atoms with E-state index in [4.69, 9.17) is 14.5 Å². The topological polar surface area (TPSA) is 76.0 Å². The Bertz CT molecular complexity index is 423. The molecule has 0 aromatic carbocycles. The lowest BCUT2D eigenvalue weighted by Gasteiger charge is -2.18. The zero-order valence-corrected chi connectivity index (χ0v) is 23.3. The van der Waals surface area contributed by atoms with E-state index in [0.29, 0.717) is 12.4 Å². The molecule has 0 aliphatic carbocycles. The molecule has 0 saturated heterocycles. The van der Waals surface area contributed by atoms with Gasteiger partial charge in [0.15, 0.2) is 0 Å². The Morgan fingerprint density at radius 3 is 1.66 bits per heavy atom. The maximum Gasteiger partial charge on any atom is 0.469 e.